The molecular weight excluding hydrogens is 406 g/mol. The third-order valence-corrected chi connectivity index (χ3v) is 11.3. The molecule has 29 heavy (non-hydrogen) atoms. The van der Waals surface area contributed by atoms with E-state index in [1.807, 2.05) is 20.8 Å². The van der Waals surface area contributed by atoms with Gasteiger partial charge in [0.15, 0.2) is 13.4 Å². The molecule has 1 amide bonds. The van der Waals surface area contributed by atoms with Crippen LogP contribution in [0, 0.1) is 11.3 Å². The summed E-state index contributed by atoms with van der Waals surface area (Å²) in [6, 6.07) is 0. The van der Waals surface area contributed by atoms with Gasteiger partial charge in [-0.2, -0.15) is 0 Å². The second kappa shape index (κ2) is 9.57. The summed E-state index contributed by atoms with van der Waals surface area (Å²) >= 11 is 1.27. The highest BCUT2D eigenvalue weighted by Gasteiger charge is 2.46. The van der Waals surface area contributed by atoms with Crippen LogP contribution in [0.4, 0.5) is 5.13 Å². The summed E-state index contributed by atoms with van der Waals surface area (Å²) in [5, 5.41) is 17.4. The number of aromatic nitrogens is 1. The Hall–Kier alpha value is -1.45. The Morgan fingerprint density at radius 2 is 1.97 bits per heavy atom. The van der Waals surface area contributed by atoms with Gasteiger partial charge in [0.1, 0.15) is 6.10 Å². The molecule has 0 aliphatic heterocycles. The fourth-order valence-electron chi connectivity index (χ4n) is 2.47. The smallest absolute Gasteiger partial charge is 0.231 e. The fourth-order valence-corrected chi connectivity index (χ4v) is 6.06. The lowest BCUT2D eigenvalue weighted by molar-refractivity contribution is -0.123. The number of aliphatic hydroxyl groups excluding tert-OH is 1. The Morgan fingerprint density at radius 3 is 2.45 bits per heavy atom. The van der Waals surface area contributed by atoms with Crippen LogP contribution in [0.5, 0.6) is 0 Å². The van der Waals surface area contributed by atoms with Gasteiger partial charge in [-0.15, -0.1) is 0 Å². The summed E-state index contributed by atoms with van der Waals surface area (Å²) in [4.78, 5) is 20.0. The van der Waals surface area contributed by atoms with Crippen LogP contribution in [0.2, 0.25) is 18.1 Å². The molecule has 1 rings (SSSR count). The van der Waals surface area contributed by atoms with Crippen molar-refractivity contribution in [1.29, 1.82) is 0 Å². The first-order chi connectivity index (χ1) is 13.1. The van der Waals surface area contributed by atoms with Crippen LogP contribution in [-0.2, 0) is 9.22 Å². The summed E-state index contributed by atoms with van der Waals surface area (Å²) in [5.41, 5.74) is 8.10. The van der Waals surface area contributed by atoms with Crippen molar-refractivity contribution >= 4 is 30.7 Å². The van der Waals surface area contributed by atoms with Crippen LogP contribution in [0.25, 0.3) is 10.4 Å². The molecule has 0 aliphatic carbocycles. The van der Waals surface area contributed by atoms with Crippen molar-refractivity contribution in [3.63, 3.8) is 0 Å². The van der Waals surface area contributed by atoms with E-state index in [1.54, 1.807) is 6.20 Å². The summed E-state index contributed by atoms with van der Waals surface area (Å²) in [6.45, 7) is 18.3. The van der Waals surface area contributed by atoms with Gasteiger partial charge in [0, 0.05) is 16.5 Å². The van der Waals surface area contributed by atoms with Gasteiger partial charge in [0.2, 0.25) is 5.91 Å². The second-order valence-electron chi connectivity index (χ2n) is 9.68. The highest BCUT2D eigenvalue weighted by molar-refractivity contribution is 7.15. The van der Waals surface area contributed by atoms with Crippen LogP contribution in [0.3, 0.4) is 0 Å². The highest BCUT2D eigenvalue weighted by Crippen LogP contribution is 2.47. The maximum absolute atomic E-state index is 12.3. The first-order valence-electron chi connectivity index (χ1n) is 9.77. The molecule has 1 heterocycles. The van der Waals surface area contributed by atoms with E-state index in [4.69, 9.17) is 9.96 Å². The lowest BCUT2D eigenvalue weighted by Crippen LogP contribution is -2.47. The SMILES string of the molecule is CC(C)C(C)(C)[Si](C)(C)O[C@@H](c1cnc(NC(=O)C(C)(C)C)s1)[C@H](O)CN=[N+]=[N-]. The number of hydrogen-bond acceptors (Lipinski definition) is 6. The molecular formula is C19H35N5O3SSi. The number of anilines is 1. The van der Waals surface area contributed by atoms with Gasteiger partial charge in [-0.25, -0.2) is 4.98 Å². The second-order valence-corrected chi connectivity index (χ2v) is 15.3. The fraction of sp³-hybridized carbons (Fsp3) is 0.789. The van der Waals surface area contributed by atoms with Crippen molar-refractivity contribution in [1.82, 2.24) is 4.98 Å². The molecule has 2 N–H and O–H groups in total. The molecule has 2 atom stereocenters. The molecule has 0 aliphatic rings. The quantitative estimate of drug-likeness (QED) is 0.227. The maximum Gasteiger partial charge on any atom is 0.231 e. The molecule has 0 fully saturated rings. The van der Waals surface area contributed by atoms with Crippen LogP contribution < -0.4 is 5.32 Å². The molecule has 10 heteroatoms. The molecule has 164 valence electrons. The molecule has 0 saturated carbocycles. The summed E-state index contributed by atoms with van der Waals surface area (Å²) < 4.78 is 6.56. The van der Waals surface area contributed by atoms with Gasteiger partial charge in [-0.05, 0) is 29.6 Å². The number of aliphatic hydroxyl groups is 1. The van der Waals surface area contributed by atoms with Crippen molar-refractivity contribution in [3.8, 4) is 0 Å². The van der Waals surface area contributed by atoms with Crippen molar-refractivity contribution in [2.45, 2.75) is 78.8 Å². The van der Waals surface area contributed by atoms with Crippen LogP contribution >= 0.6 is 11.3 Å². The highest BCUT2D eigenvalue weighted by atomic mass is 32.1. The Bertz CT molecular complexity index is 751. The molecule has 0 saturated heterocycles. The number of thiazole rings is 1. The van der Waals surface area contributed by atoms with E-state index >= 15 is 0 Å². The lowest BCUT2D eigenvalue weighted by Gasteiger charge is -2.44. The number of amides is 1. The first kappa shape index (κ1) is 25.6. The Balaban J connectivity index is 3.21. The zero-order chi connectivity index (χ0) is 22.6. The minimum absolute atomic E-state index is 0.0581. The van der Waals surface area contributed by atoms with E-state index < -0.39 is 25.9 Å². The third-order valence-electron chi connectivity index (χ3n) is 5.80. The topological polar surface area (TPSA) is 120 Å². The van der Waals surface area contributed by atoms with E-state index in [1.165, 1.54) is 11.3 Å². The molecule has 1 aromatic rings. The monoisotopic (exact) mass is 441 g/mol. The van der Waals surface area contributed by atoms with Gasteiger partial charge in [-0.3, -0.25) is 4.79 Å². The number of nitrogens with zero attached hydrogens (tertiary/aromatic N) is 4. The van der Waals surface area contributed by atoms with Gasteiger partial charge in [0.25, 0.3) is 0 Å². The number of hydrogen-bond donors (Lipinski definition) is 2. The normalized spacial score (nSPS) is 15.0. The summed E-state index contributed by atoms with van der Waals surface area (Å²) in [5.74, 6) is 0.253. The Labute approximate surface area is 178 Å². The molecule has 0 unspecified atom stereocenters. The molecule has 0 spiro atoms. The molecule has 1 aromatic heterocycles. The van der Waals surface area contributed by atoms with Crippen LogP contribution in [-0.4, -0.2) is 37.0 Å². The number of rotatable bonds is 9. The van der Waals surface area contributed by atoms with E-state index in [0.29, 0.717) is 15.9 Å². The van der Waals surface area contributed by atoms with E-state index in [9.17, 15) is 9.90 Å². The maximum atomic E-state index is 12.3. The largest absolute Gasteiger partial charge is 0.406 e. The van der Waals surface area contributed by atoms with E-state index in [-0.39, 0.29) is 17.5 Å². The van der Waals surface area contributed by atoms with Crippen LogP contribution in [0.1, 0.15) is 59.4 Å². The predicted octanol–water partition coefficient (Wildman–Crippen LogP) is 5.50. The average molecular weight is 442 g/mol. The van der Waals surface area contributed by atoms with Gasteiger partial charge < -0.3 is 14.8 Å². The minimum Gasteiger partial charge on any atom is -0.406 e. The Morgan fingerprint density at radius 1 is 1.38 bits per heavy atom. The number of carbonyl (C=O) groups is 1. The standard InChI is InChI=1S/C19H35N5O3SSi/c1-12(2)19(6,7)29(8,9)27-15(13(25)10-22-24-20)14-11-21-17(28-14)23-16(26)18(3,4)5/h11-13,15,25H,10H2,1-9H3,(H,21,23,26)/t13-,15-/m1/s1. The van der Waals surface area contributed by atoms with Crippen molar-refractivity contribution in [2.75, 3.05) is 11.9 Å². The lowest BCUT2D eigenvalue weighted by atomic mass is 9.96. The van der Waals surface area contributed by atoms with Crippen molar-refractivity contribution in [2.24, 2.45) is 16.4 Å². The van der Waals surface area contributed by atoms with Gasteiger partial charge in [-0.1, -0.05) is 64.9 Å². The molecule has 0 radical (unpaired) electrons. The molecule has 0 aromatic carbocycles. The van der Waals surface area contributed by atoms with E-state index in [2.05, 4.69) is 61.1 Å². The summed E-state index contributed by atoms with van der Waals surface area (Å²) in [7, 11) is -2.30. The molecule has 0 bridgehead atoms. The zero-order valence-electron chi connectivity index (χ0n) is 19.0. The zero-order valence-corrected chi connectivity index (χ0v) is 20.8. The van der Waals surface area contributed by atoms with Gasteiger partial charge in [0.05, 0.1) is 17.5 Å². The minimum atomic E-state index is -2.30. The average Bonchev–Trinajstić information content (AvgIpc) is 3.04. The number of azide groups is 1. The van der Waals surface area contributed by atoms with Crippen molar-refractivity contribution in [3.05, 3.63) is 21.5 Å². The number of nitrogens with one attached hydrogen (secondary N) is 1. The third kappa shape index (κ3) is 6.52. The van der Waals surface area contributed by atoms with Gasteiger partial charge >= 0.3 is 0 Å². The van der Waals surface area contributed by atoms with Crippen LogP contribution in [0.15, 0.2) is 11.3 Å². The summed E-state index contributed by atoms with van der Waals surface area (Å²) in [6.07, 6.45) is -0.0787. The Kier molecular flexibility index (Phi) is 8.44. The number of carbonyl (C=O) groups excluding carboxylic acids is 1. The van der Waals surface area contributed by atoms with E-state index in [0.717, 1.165) is 0 Å². The molecule has 8 nitrogen and oxygen atoms in total. The first-order valence-corrected chi connectivity index (χ1v) is 13.5. The van der Waals surface area contributed by atoms with Crippen molar-refractivity contribution < 1.29 is 14.3 Å². The predicted molar refractivity (Wildman–Crippen MR) is 120 cm³/mol.